The lowest BCUT2D eigenvalue weighted by Gasteiger charge is -2.36. The number of likely N-dealkylation sites (N-methyl/N-ethyl adjacent to an activating group) is 1. The molecule has 3 rings (SSSR count). The number of ether oxygens (including phenoxy) is 2. The molecule has 1 aliphatic heterocycles. The molecule has 1 fully saturated rings. The van der Waals surface area contributed by atoms with E-state index in [0.29, 0.717) is 12.6 Å². The van der Waals surface area contributed by atoms with Gasteiger partial charge < -0.3 is 37.9 Å². The van der Waals surface area contributed by atoms with Crippen molar-refractivity contribution in [1.82, 2.24) is 0 Å². The van der Waals surface area contributed by atoms with E-state index in [2.05, 4.69) is 52.3 Å². The average molecular weight is 439 g/mol. The van der Waals surface area contributed by atoms with Crippen molar-refractivity contribution in [2.75, 3.05) is 27.7 Å². The molecule has 0 aliphatic carbocycles. The summed E-state index contributed by atoms with van der Waals surface area (Å²) in [5, 5.41) is 0. The molecule has 2 atom stereocenters. The van der Waals surface area contributed by atoms with Crippen LogP contribution in [-0.4, -0.2) is 44.4 Å². The van der Waals surface area contributed by atoms with E-state index in [1.807, 2.05) is 36.4 Å². The third-order valence-electron chi connectivity index (χ3n) is 4.84. The number of benzene rings is 2. The predicted molar refractivity (Wildman–Crippen MR) is 92.0 cm³/mol. The van der Waals surface area contributed by atoms with Crippen molar-refractivity contribution in [3.05, 3.63) is 71.8 Å². The van der Waals surface area contributed by atoms with Crippen LogP contribution in [0.1, 0.15) is 18.1 Å². The number of halogens is 1. The minimum absolute atomic E-state index is 0. The van der Waals surface area contributed by atoms with Gasteiger partial charge in [0.2, 0.25) is 5.79 Å². The van der Waals surface area contributed by atoms with E-state index < -0.39 is 5.79 Å². The van der Waals surface area contributed by atoms with Crippen LogP contribution in [-0.2, 0) is 15.3 Å². The highest BCUT2D eigenvalue weighted by Crippen LogP contribution is 2.41. The maximum absolute atomic E-state index is 6.57. The molecule has 0 aromatic heterocycles. The zero-order valence-corrected chi connectivity index (χ0v) is 16.9. The summed E-state index contributed by atoms with van der Waals surface area (Å²) in [4.78, 5) is 0. The molecule has 0 spiro atoms. The fraction of sp³-hybridized carbons (Fsp3) is 0.400. The van der Waals surface area contributed by atoms with E-state index in [-0.39, 0.29) is 30.1 Å². The van der Waals surface area contributed by atoms with Crippen molar-refractivity contribution < 1.29 is 37.9 Å². The molecule has 3 nitrogen and oxygen atoms in total. The first kappa shape index (κ1) is 19.4. The highest BCUT2D eigenvalue weighted by Gasteiger charge is 2.48. The molecule has 24 heavy (non-hydrogen) atoms. The molecular weight excluding hydrogens is 413 g/mol. The van der Waals surface area contributed by atoms with Gasteiger partial charge in [0.05, 0.1) is 27.7 Å². The minimum Gasteiger partial charge on any atom is -1.00 e. The van der Waals surface area contributed by atoms with Crippen LogP contribution < -0.4 is 24.0 Å². The molecule has 1 saturated heterocycles. The standard InChI is InChI=1S/C20H26NO2.HI/c1-16(21(2,3)4)19-15-22-20(23-19,17-11-7-5-8-12-17)18-13-9-6-10-14-18;/h5-14,16,19H,15H2,1-4H3;1H/q+1;/p-1. The first-order valence-corrected chi connectivity index (χ1v) is 8.17. The van der Waals surface area contributed by atoms with Crippen molar-refractivity contribution >= 4 is 0 Å². The average Bonchev–Trinajstić information content (AvgIpc) is 3.01. The first-order chi connectivity index (χ1) is 10.9. The molecule has 4 heteroatoms. The van der Waals surface area contributed by atoms with Gasteiger partial charge in [-0.2, -0.15) is 0 Å². The van der Waals surface area contributed by atoms with Crippen LogP contribution in [0.3, 0.4) is 0 Å². The van der Waals surface area contributed by atoms with Crippen molar-refractivity contribution in [2.24, 2.45) is 0 Å². The van der Waals surface area contributed by atoms with Crippen LogP contribution >= 0.6 is 0 Å². The number of hydrogen-bond acceptors (Lipinski definition) is 2. The van der Waals surface area contributed by atoms with Crippen molar-refractivity contribution in [3.63, 3.8) is 0 Å². The van der Waals surface area contributed by atoms with E-state index in [1.165, 1.54) is 0 Å². The Bertz CT molecular complexity index is 600. The smallest absolute Gasteiger partial charge is 0.223 e. The van der Waals surface area contributed by atoms with Crippen molar-refractivity contribution in [1.29, 1.82) is 0 Å². The molecule has 1 heterocycles. The summed E-state index contributed by atoms with van der Waals surface area (Å²) in [6, 6.07) is 20.8. The Balaban J connectivity index is 0.00000208. The van der Waals surface area contributed by atoms with Crippen LogP contribution in [0.2, 0.25) is 0 Å². The second kappa shape index (κ2) is 7.52. The number of quaternary nitrogens is 1. The van der Waals surface area contributed by atoms with E-state index in [1.54, 1.807) is 0 Å². The lowest BCUT2D eigenvalue weighted by molar-refractivity contribution is -0.897. The Labute approximate surface area is 162 Å². The van der Waals surface area contributed by atoms with E-state index in [4.69, 9.17) is 9.47 Å². The summed E-state index contributed by atoms with van der Waals surface area (Å²) < 4.78 is 13.7. The Morgan fingerprint density at radius 3 is 1.79 bits per heavy atom. The topological polar surface area (TPSA) is 18.5 Å². The van der Waals surface area contributed by atoms with E-state index in [9.17, 15) is 0 Å². The molecule has 0 radical (unpaired) electrons. The zero-order valence-electron chi connectivity index (χ0n) is 14.8. The quantitative estimate of drug-likeness (QED) is 0.508. The Morgan fingerprint density at radius 2 is 1.38 bits per heavy atom. The fourth-order valence-corrected chi connectivity index (χ4v) is 3.00. The second-order valence-electron chi connectivity index (χ2n) is 7.17. The second-order valence-corrected chi connectivity index (χ2v) is 7.17. The lowest BCUT2D eigenvalue weighted by Crippen LogP contribution is -3.00. The molecular formula is C20H26INO2. The SMILES string of the molecule is CC(C1COC(c2ccccc2)(c2ccccc2)O1)[N+](C)(C)C.[I-]. The van der Waals surface area contributed by atoms with Gasteiger partial charge in [-0.1, -0.05) is 60.7 Å². The molecule has 1 aliphatic rings. The number of nitrogens with zero attached hydrogens (tertiary/aromatic N) is 1. The maximum Gasteiger partial charge on any atom is 0.223 e. The van der Waals surface area contributed by atoms with Crippen molar-refractivity contribution in [2.45, 2.75) is 24.9 Å². The maximum atomic E-state index is 6.57. The molecule has 2 aromatic rings. The van der Waals surface area contributed by atoms with Crippen LogP contribution in [0.25, 0.3) is 0 Å². The summed E-state index contributed by atoms with van der Waals surface area (Å²) >= 11 is 0. The van der Waals surface area contributed by atoms with Crippen LogP contribution in [0.15, 0.2) is 60.7 Å². The van der Waals surface area contributed by atoms with Gasteiger partial charge in [0.25, 0.3) is 0 Å². The van der Waals surface area contributed by atoms with Crippen LogP contribution in [0.4, 0.5) is 0 Å². The molecule has 2 aromatic carbocycles. The minimum atomic E-state index is -0.809. The van der Waals surface area contributed by atoms with Crippen molar-refractivity contribution in [3.8, 4) is 0 Å². The molecule has 0 bridgehead atoms. The highest BCUT2D eigenvalue weighted by molar-refractivity contribution is 5.34. The zero-order chi connectivity index (χ0) is 16.5. The van der Waals surface area contributed by atoms with Gasteiger partial charge in [0, 0.05) is 11.1 Å². The normalized spacial score (nSPS) is 21.1. The molecule has 2 unspecified atom stereocenters. The largest absolute Gasteiger partial charge is 1.00 e. The van der Waals surface area contributed by atoms with E-state index >= 15 is 0 Å². The van der Waals surface area contributed by atoms with Gasteiger partial charge in [0.15, 0.2) is 0 Å². The predicted octanol–water partition coefficient (Wildman–Crippen LogP) is 0.402. The molecule has 0 N–H and O–H groups in total. The molecule has 0 amide bonds. The van der Waals surface area contributed by atoms with Gasteiger partial charge in [-0.25, -0.2) is 0 Å². The summed E-state index contributed by atoms with van der Waals surface area (Å²) in [6.07, 6.45) is 0.0513. The van der Waals surface area contributed by atoms with Gasteiger partial charge in [-0.05, 0) is 6.92 Å². The lowest BCUT2D eigenvalue weighted by atomic mass is 9.97. The fourth-order valence-electron chi connectivity index (χ4n) is 3.00. The molecule has 130 valence electrons. The van der Waals surface area contributed by atoms with Gasteiger partial charge in [-0.3, -0.25) is 0 Å². The monoisotopic (exact) mass is 439 g/mol. The van der Waals surface area contributed by atoms with Gasteiger partial charge in [-0.15, -0.1) is 0 Å². The summed E-state index contributed by atoms with van der Waals surface area (Å²) in [6.45, 7) is 2.82. The Kier molecular flexibility index (Phi) is 6.07. The Morgan fingerprint density at radius 1 is 0.917 bits per heavy atom. The van der Waals surface area contributed by atoms with Gasteiger partial charge in [0.1, 0.15) is 12.1 Å². The summed E-state index contributed by atoms with van der Waals surface area (Å²) in [7, 11) is 6.58. The number of hydrogen-bond donors (Lipinski definition) is 0. The number of rotatable bonds is 4. The van der Waals surface area contributed by atoms with E-state index in [0.717, 1.165) is 15.6 Å². The summed E-state index contributed by atoms with van der Waals surface area (Å²) in [5.74, 6) is -0.809. The molecule has 0 saturated carbocycles. The van der Waals surface area contributed by atoms with Gasteiger partial charge >= 0.3 is 0 Å². The Hall–Kier alpha value is -0.950. The first-order valence-electron chi connectivity index (χ1n) is 8.17. The van der Waals surface area contributed by atoms with Crippen LogP contribution in [0.5, 0.6) is 0 Å². The summed E-state index contributed by atoms with van der Waals surface area (Å²) in [5.41, 5.74) is 2.09. The third kappa shape index (κ3) is 3.67. The highest BCUT2D eigenvalue weighted by atomic mass is 127. The third-order valence-corrected chi connectivity index (χ3v) is 4.84. The van der Waals surface area contributed by atoms with Crippen LogP contribution in [0, 0.1) is 0 Å².